The fourth-order valence-corrected chi connectivity index (χ4v) is 4.38. The summed E-state index contributed by atoms with van der Waals surface area (Å²) >= 11 is 12.3. The molecule has 1 unspecified atom stereocenters. The second-order valence-corrected chi connectivity index (χ2v) is 6.87. The lowest BCUT2D eigenvalue weighted by Crippen LogP contribution is -2.38. The van der Waals surface area contributed by atoms with Crippen molar-refractivity contribution in [3.8, 4) is 0 Å². The van der Waals surface area contributed by atoms with Crippen LogP contribution in [-0.2, 0) is 5.41 Å². The number of hydrogen-bond donors (Lipinski definition) is 0. The van der Waals surface area contributed by atoms with E-state index in [1.54, 1.807) is 0 Å². The minimum absolute atomic E-state index is 0.322. The highest BCUT2D eigenvalue weighted by Crippen LogP contribution is 2.49. The van der Waals surface area contributed by atoms with Crippen LogP contribution in [0.2, 0.25) is 10.0 Å². The maximum Gasteiger partial charge on any atom is 0.0595 e. The molecule has 1 nitrogen and oxygen atoms in total. The molecule has 1 heterocycles. The number of benzene rings is 1. The molecular formula is C16H21Cl2N. The summed E-state index contributed by atoms with van der Waals surface area (Å²) in [7, 11) is 0. The van der Waals surface area contributed by atoms with Crippen molar-refractivity contribution in [3.63, 3.8) is 0 Å². The molecule has 1 aliphatic heterocycles. The monoisotopic (exact) mass is 297 g/mol. The number of nitrogens with zero attached hydrogens (tertiary/aromatic N) is 1. The predicted molar refractivity (Wildman–Crippen MR) is 82.2 cm³/mol. The third-order valence-corrected chi connectivity index (χ3v) is 5.87. The number of fused-ring (bicyclic) bond motifs is 1. The van der Waals surface area contributed by atoms with Crippen molar-refractivity contribution in [1.29, 1.82) is 0 Å². The highest BCUT2D eigenvalue weighted by molar-refractivity contribution is 6.42. The highest BCUT2D eigenvalue weighted by Gasteiger charge is 2.48. The van der Waals surface area contributed by atoms with E-state index < -0.39 is 0 Å². The largest absolute Gasteiger partial charge is 0.302 e. The molecule has 104 valence electrons. The summed E-state index contributed by atoms with van der Waals surface area (Å²) in [5.41, 5.74) is 1.73. The Bertz CT molecular complexity index is 474. The van der Waals surface area contributed by atoms with E-state index in [1.807, 2.05) is 6.07 Å². The van der Waals surface area contributed by atoms with Crippen LogP contribution in [0.25, 0.3) is 0 Å². The first kappa shape index (κ1) is 13.7. The van der Waals surface area contributed by atoms with E-state index in [1.165, 1.54) is 44.3 Å². The summed E-state index contributed by atoms with van der Waals surface area (Å²) in [6.45, 7) is 5.85. The molecule has 1 saturated heterocycles. The lowest BCUT2D eigenvalue weighted by Gasteiger charge is -2.39. The molecule has 0 amide bonds. The second-order valence-electron chi connectivity index (χ2n) is 6.06. The molecule has 0 N–H and O–H groups in total. The van der Waals surface area contributed by atoms with Gasteiger partial charge in [-0.15, -0.1) is 0 Å². The van der Waals surface area contributed by atoms with Crippen LogP contribution in [-0.4, -0.2) is 24.5 Å². The number of halogens is 2. The van der Waals surface area contributed by atoms with E-state index in [-0.39, 0.29) is 0 Å². The number of likely N-dealkylation sites (N-methyl/N-ethyl adjacent to an activating group) is 1. The van der Waals surface area contributed by atoms with Gasteiger partial charge in [0.25, 0.3) is 0 Å². The van der Waals surface area contributed by atoms with E-state index in [9.17, 15) is 0 Å². The Morgan fingerprint density at radius 3 is 2.84 bits per heavy atom. The lowest BCUT2D eigenvalue weighted by molar-refractivity contribution is 0.241. The van der Waals surface area contributed by atoms with Gasteiger partial charge in [0.2, 0.25) is 0 Å². The quantitative estimate of drug-likeness (QED) is 0.761. The highest BCUT2D eigenvalue weighted by atomic mass is 35.5. The maximum atomic E-state index is 6.24. The van der Waals surface area contributed by atoms with Crippen LogP contribution >= 0.6 is 23.2 Å². The van der Waals surface area contributed by atoms with Crippen LogP contribution in [0.3, 0.4) is 0 Å². The Kier molecular flexibility index (Phi) is 3.81. The molecule has 1 aliphatic carbocycles. The topological polar surface area (TPSA) is 3.24 Å². The first-order valence-electron chi connectivity index (χ1n) is 7.33. The van der Waals surface area contributed by atoms with Gasteiger partial charge < -0.3 is 4.90 Å². The standard InChI is InChI=1S/C16H21Cl2N/c1-2-19-10-13-5-3-4-8-16(13,11-19)12-6-7-14(17)15(18)9-12/h6-7,9,13H,2-5,8,10-11H2,1H3/t13-,16?/m0/s1. The van der Waals surface area contributed by atoms with Crippen LogP contribution in [0, 0.1) is 5.92 Å². The first-order chi connectivity index (χ1) is 9.15. The van der Waals surface area contributed by atoms with E-state index in [2.05, 4.69) is 24.0 Å². The van der Waals surface area contributed by atoms with Gasteiger partial charge in [-0.05, 0) is 43.0 Å². The van der Waals surface area contributed by atoms with Crippen LogP contribution in [0.5, 0.6) is 0 Å². The summed E-state index contributed by atoms with van der Waals surface area (Å²) < 4.78 is 0. The second kappa shape index (κ2) is 5.27. The molecule has 3 rings (SSSR count). The summed E-state index contributed by atoms with van der Waals surface area (Å²) in [4.78, 5) is 2.60. The molecule has 0 bridgehead atoms. The van der Waals surface area contributed by atoms with E-state index in [4.69, 9.17) is 23.2 Å². The molecule has 0 aromatic heterocycles. The van der Waals surface area contributed by atoms with Gasteiger partial charge in [-0.25, -0.2) is 0 Å². The normalized spacial score (nSPS) is 31.4. The van der Waals surface area contributed by atoms with Crippen molar-refractivity contribution in [3.05, 3.63) is 33.8 Å². The summed E-state index contributed by atoms with van der Waals surface area (Å²) in [6.07, 6.45) is 5.38. The summed E-state index contributed by atoms with van der Waals surface area (Å²) in [6, 6.07) is 6.28. The third kappa shape index (κ3) is 2.30. The van der Waals surface area contributed by atoms with E-state index in [0.717, 1.165) is 12.5 Å². The van der Waals surface area contributed by atoms with Crippen molar-refractivity contribution in [2.75, 3.05) is 19.6 Å². The van der Waals surface area contributed by atoms with Gasteiger partial charge in [-0.2, -0.15) is 0 Å². The fraction of sp³-hybridized carbons (Fsp3) is 0.625. The first-order valence-corrected chi connectivity index (χ1v) is 8.09. The Labute approximate surface area is 125 Å². The molecule has 2 aliphatic rings. The molecule has 0 radical (unpaired) electrons. The Morgan fingerprint density at radius 1 is 1.26 bits per heavy atom. The summed E-state index contributed by atoms with van der Waals surface area (Å²) in [5, 5.41) is 1.37. The average Bonchev–Trinajstić information content (AvgIpc) is 2.81. The smallest absolute Gasteiger partial charge is 0.0595 e. The molecule has 0 spiro atoms. The number of rotatable bonds is 2. The van der Waals surface area contributed by atoms with Gasteiger partial charge >= 0.3 is 0 Å². The third-order valence-electron chi connectivity index (χ3n) is 5.13. The van der Waals surface area contributed by atoms with Crippen molar-refractivity contribution in [1.82, 2.24) is 4.90 Å². The minimum Gasteiger partial charge on any atom is -0.302 e. The van der Waals surface area contributed by atoms with E-state index >= 15 is 0 Å². The van der Waals surface area contributed by atoms with Gasteiger partial charge in [-0.3, -0.25) is 0 Å². The minimum atomic E-state index is 0.322. The molecular weight excluding hydrogens is 277 g/mol. The molecule has 1 saturated carbocycles. The lowest BCUT2D eigenvalue weighted by atomic mass is 9.64. The average molecular weight is 298 g/mol. The van der Waals surface area contributed by atoms with E-state index in [0.29, 0.717) is 15.5 Å². The molecule has 1 aromatic rings. The van der Waals surface area contributed by atoms with Gasteiger partial charge in [-0.1, -0.05) is 49.0 Å². The van der Waals surface area contributed by atoms with Crippen LogP contribution < -0.4 is 0 Å². The van der Waals surface area contributed by atoms with Crippen molar-refractivity contribution in [2.45, 2.75) is 38.0 Å². The molecule has 2 fully saturated rings. The zero-order valence-corrected chi connectivity index (χ0v) is 13.0. The van der Waals surface area contributed by atoms with Crippen LogP contribution in [0.1, 0.15) is 38.2 Å². The molecule has 1 aromatic carbocycles. The van der Waals surface area contributed by atoms with Crippen molar-refractivity contribution >= 4 is 23.2 Å². The Hall–Kier alpha value is -0.240. The van der Waals surface area contributed by atoms with Gasteiger partial charge in [0.05, 0.1) is 10.0 Å². The molecule has 3 heteroatoms. The van der Waals surface area contributed by atoms with Gasteiger partial charge in [0, 0.05) is 18.5 Å². The summed E-state index contributed by atoms with van der Waals surface area (Å²) in [5.74, 6) is 0.790. The van der Waals surface area contributed by atoms with Crippen LogP contribution in [0.15, 0.2) is 18.2 Å². The predicted octanol–water partition coefficient (Wildman–Crippen LogP) is 4.76. The van der Waals surface area contributed by atoms with Crippen molar-refractivity contribution in [2.24, 2.45) is 5.92 Å². The number of likely N-dealkylation sites (tertiary alicyclic amines) is 1. The SMILES string of the molecule is CCN1C[C@@H]2CCCCC2(c2ccc(Cl)c(Cl)c2)C1. The zero-order chi connectivity index (χ0) is 13.5. The molecule has 2 atom stereocenters. The Morgan fingerprint density at radius 2 is 2.11 bits per heavy atom. The van der Waals surface area contributed by atoms with Crippen LogP contribution in [0.4, 0.5) is 0 Å². The maximum absolute atomic E-state index is 6.24. The van der Waals surface area contributed by atoms with Crippen molar-refractivity contribution < 1.29 is 0 Å². The Balaban J connectivity index is 2.00. The molecule has 19 heavy (non-hydrogen) atoms. The van der Waals surface area contributed by atoms with Gasteiger partial charge in [0.15, 0.2) is 0 Å². The fourth-order valence-electron chi connectivity index (χ4n) is 4.08. The number of hydrogen-bond acceptors (Lipinski definition) is 1. The van der Waals surface area contributed by atoms with Gasteiger partial charge in [0.1, 0.15) is 0 Å². The zero-order valence-electron chi connectivity index (χ0n) is 11.5.